The van der Waals surface area contributed by atoms with Gasteiger partial charge in [-0.25, -0.2) is 13.2 Å². The molecule has 0 spiro atoms. The van der Waals surface area contributed by atoms with Crippen LogP contribution in [0.1, 0.15) is 24.8 Å². The lowest BCUT2D eigenvalue weighted by Crippen LogP contribution is -2.44. The van der Waals surface area contributed by atoms with Gasteiger partial charge in [-0.3, -0.25) is 14.5 Å². The first-order chi connectivity index (χ1) is 12.8. The van der Waals surface area contributed by atoms with Crippen LogP contribution < -0.4 is 0 Å². The van der Waals surface area contributed by atoms with E-state index in [0.29, 0.717) is 13.1 Å². The van der Waals surface area contributed by atoms with E-state index in [2.05, 4.69) is 0 Å². The lowest BCUT2D eigenvalue weighted by Gasteiger charge is -2.31. The molecule has 1 N–H and O–H groups in total. The Kier molecular flexibility index (Phi) is 4.41. The monoisotopic (exact) mass is 382 g/mol. The number of carboxylic acids is 1. The number of amides is 1. The first-order valence-corrected chi connectivity index (χ1v) is 9.18. The number of aliphatic carboxylic acids is 1. The maximum absolute atomic E-state index is 13.4. The molecule has 2 heterocycles. The molecule has 2 saturated heterocycles. The second-order valence-corrected chi connectivity index (χ2v) is 8.05. The van der Waals surface area contributed by atoms with Crippen LogP contribution in [0.2, 0.25) is 0 Å². The van der Waals surface area contributed by atoms with Gasteiger partial charge < -0.3 is 10.0 Å². The summed E-state index contributed by atoms with van der Waals surface area (Å²) in [7, 11) is 0. The zero-order valence-corrected chi connectivity index (χ0v) is 14.8. The minimum absolute atomic E-state index is 0.0240. The van der Waals surface area contributed by atoms with E-state index >= 15 is 0 Å². The zero-order valence-electron chi connectivity index (χ0n) is 14.8. The standard InChI is InChI=1S/C19H21F3N2O3/c20-14-4-11(5-15(21)16(14)22)6-23-7-13-8-24(17(25)12-2-1-3-12)10-19(13,9-23)18(26)27/h4-5,12-13H,1-3,6-10H2,(H,26,27)/t13-,19-/m1/s1. The summed E-state index contributed by atoms with van der Waals surface area (Å²) in [6.45, 7) is 1.31. The summed E-state index contributed by atoms with van der Waals surface area (Å²) in [4.78, 5) is 28.0. The molecule has 27 heavy (non-hydrogen) atoms. The summed E-state index contributed by atoms with van der Waals surface area (Å²) in [5, 5.41) is 9.86. The van der Waals surface area contributed by atoms with Gasteiger partial charge in [0.1, 0.15) is 5.41 Å². The number of hydrogen-bond donors (Lipinski definition) is 1. The zero-order chi connectivity index (χ0) is 19.3. The predicted octanol–water partition coefficient (Wildman–Crippen LogP) is 2.25. The van der Waals surface area contributed by atoms with Gasteiger partial charge in [-0.05, 0) is 30.5 Å². The highest BCUT2D eigenvalue weighted by atomic mass is 19.2. The number of hydrogen-bond acceptors (Lipinski definition) is 3. The van der Waals surface area contributed by atoms with Crippen LogP contribution in [-0.2, 0) is 16.1 Å². The molecule has 146 valence electrons. The summed E-state index contributed by atoms with van der Waals surface area (Å²) >= 11 is 0. The lowest BCUT2D eigenvalue weighted by molar-refractivity contribution is -0.149. The van der Waals surface area contributed by atoms with Crippen LogP contribution in [0, 0.1) is 34.7 Å². The van der Waals surface area contributed by atoms with Crippen LogP contribution in [0.3, 0.4) is 0 Å². The molecule has 1 aromatic carbocycles. The van der Waals surface area contributed by atoms with Crippen molar-refractivity contribution in [3.05, 3.63) is 35.1 Å². The molecule has 0 unspecified atom stereocenters. The number of nitrogens with zero attached hydrogens (tertiary/aromatic N) is 2. The SMILES string of the molecule is O=C(C1CCC1)N1C[C@H]2CN(Cc3cc(F)c(F)c(F)c3)C[C@@]2(C(=O)O)C1. The van der Waals surface area contributed by atoms with Crippen molar-refractivity contribution in [2.24, 2.45) is 17.3 Å². The molecule has 2 aliphatic heterocycles. The average molecular weight is 382 g/mol. The number of carbonyl (C=O) groups is 2. The van der Waals surface area contributed by atoms with Crippen molar-refractivity contribution in [2.75, 3.05) is 26.2 Å². The van der Waals surface area contributed by atoms with Gasteiger partial charge in [0.15, 0.2) is 17.5 Å². The van der Waals surface area contributed by atoms with Crippen molar-refractivity contribution in [3.8, 4) is 0 Å². The van der Waals surface area contributed by atoms with E-state index in [1.165, 1.54) is 0 Å². The quantitative estimate of drug-likeness (QED) is 0.812. The Hall–Kier alpha value is -2.09. The molecule has 4 rings (SSSR count). The molecule has 3 fully saturated rings. The van der Waals surface area contributed by atoms with Gasteiger partial charge in [0, 0.05) is 44.6 Å². The van der Waals surface area contributed by atoms with E-state index in [1.54, 1.807) is 4.90 Å². The van der Waals surface area contributed by atoms with E-state index in [1.807, 2.05) is 4.90 Å². The molecule has 1 aromatic rings. The van der Waals surface area contributed by atoms with Gasteiger partial charge >= 0.3 is 5.97 Å². The van der Waals surface area contributed by atoms with Crippen LogP contribution in [0.15, 0.2) is 12.1 Å². The van der Waals surface area contributed by atoms with E-state index < -0.39 is 28.8 Å². The maximum Gasteiger partial charge on any atom is 0.313 e. The average Bonchev–Trinajstić information content (AvgIpc) is 3.05. The van der Waals surface area contributed by atoms with Crippen LogP contribution in [0.4, 0.5) is 13.2 Å². The number of benzene rings is 1. The largest absolute Gasteiger partial charge is 0.481 e. The van der Waals surface area contributed by atoms with E-state index in [4.69, 9.17) is 0 Å². The molecule has 0 aromatic heterocycles. The Labute approximate surface area is 154 Å². The van der Waals surface area contributed by atoms with Crippen molar-refractivity contribution in [2.45, 2.75) is 25.8 Å². The Morgan fingerprint density at radius 3 is 2.30 bits per heavy atom. The van der Waals surface area contributed by atoms with Crippen molar-refractivity contribution in [1.29, 1.82) is 0 Å². The Morgan fingerprint density at radius 2 is 1.78 bits per heavy atom. The molecule has 5 nitrogen and oxygen atoms in total. The minimum atomic E-state index is -1.51. The third-order valence-corrected chi connectivity index (χ3v) is 6.32. The Bertz CT molecular complexity index is 775. The van der Waals surface area contributed by atoms with Crippen LogP contribution in [0.25, 0.3) is 0 Å². The number of likely N-dealkylation sites (tertiary alicyclic amines) is 2. The summed E-state index contributed by atoms with van der Waals surface area (Å²) in [6.07, 6.45) is 2.78. The van der Waals surface area contributed by atoms with Crippen molar-refractivity contribution in [1.82, 2.24) is 9.80 Å². The summed E-state index contributed by atoms with van der Waals surface area (Å²) in [5.41, 5.74) is -0.800. The van der Waals surface area contributed by atoms with Gasteiger partial charge in [0.2, 0.25) is 5.91 Å². The van der Waals surface area contributed by atoms with Gasteiger partial charge in [-0.15, -0.1) is 0 Å². The third-order valence-electron chi connectivity index (χ3n) is 6.32. The second-order valence-electron chi connectivity index (χ2n) is 8.05. The number of carbonyl (C=O) groups excluding carboxylic acids is 1. The molecular weight excluding hydrogens is 361 g/mol. The predicted molar refractivity (Wildman–Crippen MR) is 89.1 cm³/mol. The Morgan fingerprint density at radius 1 is 1.11 bits per heavy atom. The number of fused-ring (bicyclic) bond motifs is 1. The fourth-order valence-electron chi connectivity index (χ4n) is 4.63. The van der Waals surface area contributed by atoms with E-state index in [9.17, 15) is 27.9 Å². The molecule has 1 amide bonds. The van der Waals surface area contributed by atoms with Crippen molar-refractivity contribution >= 4 is 11.9 Å². The first kappa shape index (κ1) is 18.3. The van der Waals surface area contributed by atoms with Crippen LogP contribution in [-0.4, -0.2) is 53.0 Å². The van der Waals surface area contributed by atoms with E-state index in [-0.39, 0.29) is 42.9 Å². The van der Waals surface area contributed by atoms with Crippen LogP contribution >= 0.6 is 0 Å². The van der Waals surface area contributed by atoms with Gasteiger partial charge in [-0.1, -0.05) is 6.42 Å². The number of carboxylic acid groups (broad SMARTS) is 1. The smallest absolute Gasteiger partial charge is 0.313 e. The molecule has 3 aliphatic rings. The van der Waals surface area contributed by atoms with E-state index in [0.717, 1.165) is 31.4 Å². The fourth-order valence-corrected chi connectivity index (χ4v) is 4.63. The first-order valence-electron chi connectivity index (χ1n) is 9.18. The molecule has 1 saturated carbocycles. The number of halogens is 3. The van der Waals surface area contributed by atoms with Crippen molar-refractivity contribution < 1.29 is 27.9 Å². The third kappa shape index (κ3) is 2.99. The highest BCUT2D eigenvalue weighted by Crippen LogP contribution is 2.44. The topological polar surface area (TPSA) is 60.9 Å². The molecule has 2 atom stereocenters. The summed E-state index contributed by atoms with van der Waals surface area (Å²) in [5.74, 6) is -5.13. The highest BCUT2D eigenvalue weighted by molar-refractivity contribution is 5.83. The summed E-state index contributed by atoms with van der Waals surface area (Å²) in [6, 6.07) is 1.87. The lowest BCUT2D eigenvalue weighted by atomic mass is 9.81. The fraction of sp³-hybridized carbons (Fsp3) is 0.579. The second kappa shape index (κ2) is 6.51. The van der Waals surface area contributed by atoms with Crippen LogP contribution in [0.5, 0.6) is 0 Å². The maximum atomic E-state index is 13.4. The molecule has 0 bridgehead atoms. The van der Waals surface area contributed by atoms with Gasteiger partial charge in [0.05, 0.1) is 0 Å². The minimum Gasteiger partial charge on any atom is -0.481 e. The number of rotatable bonds is 4. The molecule has 0 radical (unpaired) electrons. The van der Waals surface area contributed by atoms with Gasteiger partial charge in [-0.2, -0.15) is 0 Å². The summed E-state index contributed by atoms with van der Waals surface area (Å²) < 4.78 is 40.0. The molecule has 1 aliphatic carbocycles. The normalized spacial score (nSPS) is 28.3. The Balaban J connectivity index is 1.48. The van der Waals surface area contributed by atoms with Gasteiger partial charge in [0.25, 0.3) is 0 Å². The van der Waals surface area contributed by atoms with Crippen molar-refractivity contribution in [3.63, 3.8) is 0 Å². The molecular formula is C19H21F3N2O3. The highest BCUT2D eigenvalue weighted by Gasteiger charge is 2.58. The molecule has 8 heteroatoms.